The number of hydrogen-bond donors (Lipinski definition) is 2. The fourth-order valence-electron chi connectivity index (χ4n) is 1.83. The van der Waals surface area contributed by atoms with Crippen LogP contribution in [0.4, 0.5) is 0 Å². The van der Waals surface area contributed by atoms with Gasteiger partial charge in [0, 0.05) is 0 Å². The van der Waals surface area contributed by atoms with Crippen LogP contribution in [0.25, 0.3) is 0 Å². The van der Waals surface area contributed by atoms with Crippen LogP contribution < -0.4 is 14.8 Å². The van der Waals surface area contributed by atoms with Gasteiger partial charge in [0.25, 0.3) is 0 Å². The Labute approximate surface area is 135 Å². The molecule has 0 radical (unpaired) electrons. The van der Waals surface area contributed by atoms with Crippen LogP contribution in [0.1, 0.15) is 11.1 Å². The predicted molar refractivity (Wildman–Crippen MR) is 89.5 cm³/mol. The summed E-state index contributed by atoms with van der Waals surface area (Å²) in [6, 6.07) is 14.1. The van der Waals surface area contributed by atoms with Gasteiger partial charge in [-0.15, -0.1) is 0 Å². The molecule has 0 spiro atoms. The minimum Gasteiger partial charge on any atom is -0.416 e. The minimum atomic E-state index is -3.68. The normalized spacial score (nSPS) is 12.0. The fourth-order valence-corrected chi connectivity index (χ4v) is 3.34. The van der Waals surface area contributed by atoms with Gasteiger partial charge in [0.05, 0.1) is 0 Å². The average Bonchev–Trinajstić information content (AvgIpc) is 2.51. The topological polar surface area (TPSA) is 94.1 Å². The van der Waals surface area contributed by atoms with Crippen LogP contribution in [-0.2, 0) is 4.57 Å². The molecular weight excluding hydrogens is 315 g/mol. The highest BCUT2D eigenvalue weighted by atomic mass is 31.2. The van der Waals surface area contributed by atoms with Gasteiger partial charge in [0.2, 0.25) is 0 Å². The summed E-state index contributed by atoms with van der Waals surface area (Å²) in [6.45, 7) is 3.87. The zero-order valence-corrected chi connectivity index (χ0v) is 13.9. The molecule has 23 heavy (non-hydrogen) atoms. The van der Waals surface area contributed by atoms with Crippen molar-refractivity contribution in [1.82, 2.24) is 0 Å². The van der Waals surface area contributed by atoms with E-state index in [-0.39, 0.29) is 12.0 Å². The summed E-state index contributed by atoms with van der Waals surface area (Å²) in [5, 5.41) is 11.6. The van der Waals surface area contributed by atoms with Gasteiger partial charge in [-0.2, -0.15) is 0 Å². The van der Waals surface area contributed by atoms with Crippen molar-refractivity contribution in [3.63, 3.8) is 0 Å². The second kappa shape index (κ2) is 7.20. The van der Waals surface area contributed by atoms with Crippen LogP contribution in [-0.4, -0.2) is 17.2 Å². The third kappa shape index (κ3) is 5.04. The van der Waals surface area contributed by atoms with E-state index >= 15 is 0 Å². The molecule has 0 aromatic heterocycles. The van der Waals surface area contributed by atoms with Crippen LogP contribution >= 0.6 is 7.60 Å². The SMILES string of the molecule is Cc1ccc(OP(=O)(CC(N)=NO)Oc2ccc(C)cc2)cc1. The summed E-state index contributed by atoms with van der Waals surface area (Å²) >= 11 is 0. The second-order valence-corrected chi connectivity index (χ2v) is 7.07. The largest absolute Gasteiger partial charge is 0.438 e. The van der Waals surface area contributed by atoms with Gasteiger partial charge in [-0.3, -0.25) is 0 Å². The van der Waals surface area contributed by atoms with E-state index in [4.69, 9.17) is 20.0 Å². The number of aryl methyl sites for hydroxylation is 2. The molecule has 2 aromatic carbocycles. The first-order valence-electron chi connectivity index (χ1n) is 6.98. The second-order valence-electron chi connectivity index (χ2n) is 5.17. The van der Waals surface area contributed by atoms with Gasteiger partial charge in [-0.25, -0.2) is 4.57 Å². The van der Waals surface area contributed by atoms with Gasteiger partial charge in [-0.05, 0) is 38.1 Å². The summed E-state index contributed by atoms with van der Waals surface area (Å²) in [4.78, 5) is 0. The molecule has 2 rings (SSSR count). The molecule has 0 aliphatic heterocycles. The Morgan fingerprint density at radius 1 is 1.00 bits per heavy atom. The monoisotopic (exact) mass is 334 g/mol. The van der Waals surface area contributed by atoms with E-state index in [0.29, 0.717) is 11.5 Å². The number of rotatable bonds is 6. The maximum Gasteiger partial charge on any atom is 0.438 e. The van der Waals surface area contributed by atoms with Crippen molar-refractivity contribution in [2.75, 3.05) is 6.16 Å². The van der Waals surface area contributed by atoms with E-state index in [1.807, 2.05) is 38.1 Å². The summed E-state index contributed by atoms with van der Waals surface area (Å²) in [5.41, 5.74) is 7.57. The van der Waals surface area contributed by atoms with E-state index in [0.717, 1.165) is 11.1 Å². The number of amidine groups is 1. The van der Waals surface area contributed by atoms with Gasteiger partial charge in [-0.1, -0.05) is 40.5 Å². The molecule has 0 heterocycles. The van der Waals surface area contributed by atoms with Crippen LogP contribution in [0.3, 0.4) is 0 Å². The quantitative estimate of drug-likeness (QED) is 0.276. The number of nitrogens with zero attached hydrogens (tertiary/aromatic N) is 1. The Morgan fingerprint density at radius 2 is 1.39 bits per heavy atom. The lowest BCUT2D eigenvalue weighted by Gasteiger charge is -2.19. The van der Waals surface area contributed by atoms with E-state index in [9.17, 15) is 4.57 Å². The number of hydrogen-bond acceptors (Lipinski definition) is 5. The Morgan fingerprint density at radius 3 is 1.74 bits per heavy atom. The Kier molecular flexibility index (Phi) is 5.29. The first-order valence-corrected chi connectivity index (χ1v) is 8.71. The van der Waals surface area contributed by atoms with Crippen molar-refractivity contribution < 1.29 is 18.8 Å². The first-order chi connectivity index (χ1) is 10.9. The van der Waals surface area contributed by atoms with Gasteiger partial charge in [0.15, 0.2) is 5.84 Å². The summed E-state index contributed by atoms with van der Waals surface area (Å²) in [7, 11) is -3.68. The van der Waals surface area contributed by atoms with Crippen LogP contribution in [0.2, 0.25) is 0 Å². The lowest BCUT2D eigenvalue weighted by molar-refractivity contribution is 0.317. The minimum absolute atomic E-state index is 0.229. The number of benzene rings is 2. The summed E-state index contributed by atoms with van der Waals surface area (Å²) in [6.07, 6.45) is -0.328. The van der Waals surface area contributed by atoms with Crippen LogP contribution in [0.15, 0.2) is 53.7 Å². The maximum atomic E-state index is 13.0. The molecule has 6 nitrogen and oxygen atoms in total. The van der Waals surface area contributed by atoms with Crippen molar-refractivity contribution >= 4 is 13.4 Å². The fraction of sp³-hybridized carbons (Fsp3) is 0.188. The molecule has 0 aliphatic rings. The van der Waals surface area contributed by atoms with E-state index < -0.39 is 7.60 Å². The molecule has 0 amide bonds. The predicted octanol–water partition coefficient (Wildman–Crippen LogP) is 3.70. The number of oxime groups is 1. The molecule has 0 unspecified atom stereocenters. The Bertz CT molecular complexity index is 675. The average molecular weight is 334 g/mol. The van der Waals surface area contributed by atoms with Gasteiger partial charge in [0.1, 0.15) is 17.7 Å². The maximum absolute atomic E-state index is 13.0. The molecule has 0 saturated heterocycles. The van der Waals surface area contributed by atoms with Crippen molar-refractivity contribution in [2.24, 2.45) is 10.9 Å². The van der Waals surface area contributed by atoms with Crippen molar-refractivity contribution in [2.45, 2.75) is 13.8 Å². The van der Waals surface area contributed by atoms with Gasteiger partial charge < -0.3 is 20.0 Å². The summed E-state index contributed by atoms with van der Waals surface area (Å²) in [5.74, 6) is 0.543. The third-order valence-corrected chi connectivity index (χ3v) is 4.70. The smallest absolute Gasteiger partial charge is 0.416 e. The standard InChI is InChI=1S/C16H19N2O4P/c1-12-3-7-14(8-4-12)21-23(20,11-16(17)18-19)22-15-9-5-13(2)6-10-15/h3-10,19H,11H2,1-2H3,(H2,17,18). The highest BCUT2D eigenvalue weighted by molar-refractivity contribution is 7.55. The molecule has 0 atom stereocenters. The molecule has 0 aliphatic carbocycles. The molecule has 2 aromatic rings. The van der Waals surface area contributed by atoms with E-state index in [1.165, 1.54) is 0 Å². The molecule has 0 fully saturated rings. The molecule has 3 N–H and O–H groups in total. The third-order valence-electron chi connectivity index (χ3n) is 3.02. The van der Waals surface area contributed by atoms with Crippen molar-refractivity contribution in [3.8, 4) is 11.5 Å². The Hall–Kier alpha value is -2.46. The summed E-state index contributed by atoms with van der Waals surface area (Å²) < 4.78 is 24.0. The highest BCUT2D eigenvalue weighted by Crippen LogP contribution is 2.48. The van der Waals surface area contributed by atoms with E-state index in [1.54, 1.807) is 24.3 Å². The highest BCUT2D eigenvalue weighted by Gasteiger charge is 2.30. The van der Waals surface area contributed by atoms with Crippen LogP contribution in [0.5, 0.6) is 11.5 Å². The molecule has 0 bridgehead atoms. The molecule has 0 saturated carbocycles. The lowest BCUT2D eigenvalue weighted by Crippen LogP contribution is -2.20. The van der Waals surface area contributed by atoms with E-state index in [2.05, 4.69) is 5.16 Å². The lowest BCUT2D eigenvalue weighted by atomic mass is 10.2. The van der Waals surface area contributed by atoms with Crippen molar-refractivity contribution in [3.05, 3.63) is 59.7 Å². The Balaban J connectivity index is 2.25. The van der Waals surface area contributed by atoms with Crippen LogP contribution in [0, 0.1) is 13.8 Å². The molecule has 122 valence electrons. The van der Waals surface area contributed by atoms with Gasteiger partial charge >= 0.3 is 7.60 Å². The zero-order valence-electron chi connectivity index (χ0n) is 13.0. The zero-order chi connectivity index (χ0) is 16.9. The van der Waals surface area contributed by atoms with Crippen molar-refractivity contribution in [1.29, 1.82) is 0 Å². The molecular formula is C16H19N2O4P. The molecule has 7 heteroatoms. The number of nitrogens with two attached hydrogens (primary N) is 1. The first kappa shape index (κ1) is 16.9.